The van der Waals surface area contributed by atoms with Crippen LogP contribution >= 0.6 is 23.1 Å². The van der Waals surface area contributed by atoms with Crippen molar-refractivity contribution < 1.29 is 18.3 Å². The fraction of sp³-hybridized carbons (Fsp3) is 0.188. The molecule has 0 aliphatic carbocycles. The fourth-order valence-corrected chi connectivity index (χ4v) is 3.71. The number of hydrogen-bond acceptors (Lipinski definition) is 8. The van der Waals surface area contributed by atoms with E-state index in [1.54, 1.807) is 18.2 Å². The quantitative estimate of drug-likeness (QED) is 0.492. The van der Waals surface area contributed by atoms with Crippen molar-refractivity contribution in [2.45, 2.75) is 16.6 Å². The van der Waals surface area contributed by atoms with Crippen LogP contribution in [0, 0.1) is 5.82 Å². The first-order valence-corrected chi connectivity index (χ1v) is 9.05. The lowest BCUT2D eigenvalue weighted by Gasteiger charge is -2.01. The Balaban J connectivity index is 1.54. The van der Waals surface area contributed by atoms with Crippen LogP contribution in [0.1, 0.15) is 21.7 Å². The van der Waals surface area contributed by atoms with Gasteiger partial charge in [0.05, 0.1) is 13.4 Å². The number of nitrogens with zero attached hydrogens (tertiary/aromatic N) is 2. The average molecular weight is 379 g/mol. The number of methoxy groups -OCH3 is 1. The fourth-order valence-electron chi connectivity index (χ4n) is 1.98. The Hall–Kier alpha value is -2.39. The number of nitrogens with one attached hydrogen (secondary N) is 1. The van der Waals surface area contributed by atoms with Gasteiger partial charge in [0.25, 0.3) is 0 Å². The van der Waals surface area contributed by atoms with E-state index in [1.807, 2.05) is 0 Å². The minimum Gasteiger partial charge on any atom is -0.463 e. The highest BCUT2D eigenvalue weighted by Gasteiger charge is 2.16. The molecule has 130 valence electrons. The van der Waals surface area contributed by atoms with Gasteiger partial charge in [0.1, 0.15) is 5.82 Å². The molecule has 3 aromatic rings. The third kappa shape index (κ3) is 4.58. The average Bonchev–Trinajstić information content (AvgIpc) is 3.28. The number of carbonyl (C=O) groups is 1. The van der Waals surface area contributed by atoms with Crippen LogP contribution in [0.3, 0.4) is 0 Å². The number of aromatic nitrogens is 2. The molecular formula is C16H14FN3O3S2. The molecule has 3 rings (SSSR count). The van der Waals surface area contributed by atoms with Crippen LogP contribution in [0.15, 0.2) is 45.4 Å². The van der Waals surface area contributed by atoms with Gasteiger partial charge in [-0.15, -0.1) is 10.2 Å². The van der Waals surface area contributed by atoms with Crippen LogP contribution in [-0.2, 0) is 17.0 Å². The van der Waals surface area contributed by atoms with Gasteiger partial charge in [-0.1, -0.05) is 35.2 Å². The molecule has 1 N–H and O–H groups in total. The maximum absolute atomic E-state index is 12.9. The first-order chi connectivity index (χ1) is 12.2. The number of halogens is 1. The van der Waals surface area contributed by atoms with Gasteiger partial charge >= 0.3 is 5.97 Å². The van der Waals surface area contributed by atoms with Crippen molar-refractivity contribution >= 4 is 34.2 Å². The van der Waals surface area contributed by atoms with Gasteiger partial charge in [0.15, 0.2) is 4.34 Å². The van der Waals surface area contributed by atoms with Gasteiger partial charge in [-0.25, -0.2) is 9.18 Å². The van der Waals surface area contributed by atoms with Gasteiger partial charge in [0, 0.05) is 17.9 Å². The molecule has 0 spiro atoms. The van der Waals surface area contributed by atoms with Crippen LogP contribution in [0.2, 0.25) is 0 Å². The van der Waals surface area contributed by atoms with Crippen LogP contribution in [0.5, 0.6) is 0 Å². The molecule has 0 saturated carbocycles. The van der Waals surface area contributed by atoms with Crippen molar-refractivity contribution in [3.05, 3.63) is 59.3 Å². The second-order valence-corrected chi connectivity index (χ2v) is 7.11. The Morgan fingerprint density at radius 2 is 2.12 bits per heavy atom. The summed E-state index contributed by atoms with van der Waals surface area (Å²) < 4.78 is 23.5. The van der Waals surface area contributed by atoms with E-state index in [0.717, 1.165) is 15.5 Å². The number of furan rings is 1. The maximum Gasteiger partial charge on any atom is 0.374 e. The molecule has 0 radical (unpaired) electrons. The summed E-state index contributed by atoms with van der Waals surface area (Å²) in [5.74, 6) is -0.0364. The molecule has 0 unspecified atom stereocenters. The topological polar surface area (TPSA) is 77.2 Å². The van der Waals surface area contributed by atoms with E-state index in [9.17, 15) is 9.18 Å². The molecule has 9 heteroatoms. The highest BCUT2D eigenvalue weighted by atomic mass is 32.2. The summed E-state index contributed by atoms with van der Waals surface area (Å²) in [5.41, 5.74) is 1.69. The zero-order valence-corrected chi connectivity index (χ0v) is 14.8. The molecule has 0 bridgehead atoms. The van der Waals surface area contributed by atoms with Gasteiger partial charge in [-0.2, -0.15) is 0 Å². The van der Waals surface area contributed by atoms with E-state index in [0.29, 0.717) is 17.4 Å². The van der Waals surface area contributed by atoms with E-state index in [1.165, 1.54) is 48.6 Å². The number of rotatable bonds is 7. The van der Waals surface area contributed by atoms with E-state index in [2.05, 4.69) is 20.3 Å². The molecule has 0 saturated heterocycles. The summed E-state index contributed by atoms with van der Waals surface area (Å²) in [7, 11) is 1.31. The Kier molecular flexibility index (Phi) is 5.67. The number of benzene rings is 1. The smallest absolute Gasteiger partial charge is 0.374 e. The summed E-state index contributed by atoms with van der Waals surface area (Å²) >= 11 is 2.86. The maximum atomic E-state index is 12.9. The lowest BCUT2D eigenvalue weighted by atomic mass is 10.2. The molecule has 2 heterocycles. The third-order valence-corrected chi connectivity index (χ3v) is 5.30. The van der Waals surface area contributed by atoms with Crippen LogP contribution in [-0.4, -0.2) is 23.3 Å². The molecule has 1 aromatic carbocycles. The molecular weight excluding hydrogens is 365 g/mol. The lowest BCUT2D eigenvalue weighted by Crippen LogP contribution is -2.02. The summed E-state index contributed by atoms with van der Waals surface area (Å²) in [6.45, 7) is 0.536. The standard InChI is InChI=1S/C16H14FN3O3S2/c1-22-14(21)13-11(6-7-23-13)9-24-16-20-19-15(25-16)18-8-10-2-4-12(17)5-3-10/h2-7H,8-9H2,1H3,(H,18,19). The van der Waals surface area contributed by atoms with Crippen LogP contribution in [0.4, 0.5) is 9.52 Å². The third-order valence-electron chi connectivity index (χ3n) is 3.23. The normalized spacial score (nSPS) is 10.6. The van der Waals surface area contributed by atoms with Gasteiger partial charge in [-0.05, 0) is 23.8 Å². The highest BCUT2D eigenvalue weighted by Crippen LogP contribution is 2.30. The van der Waals surface area contributed by atoms with E-state index in [4.69, 9.17) is 4.42 Å². The second-order valence-electron chi connectivity index (χ2n) is 4.91. The molecule has 0 amide bonds. The van der Waals surface area contributed by atoms with Crippen molar-refractivity contribution in [2.75, 3.05) is 12.4 Å². The van der Waals surface area contributed by atoms with Crippen molar-refractivity contribution in [3.63, 3.8) is 0 Å². The minimum atomic E-state index is -0.500. The molecule has 2 aromatic heterocycles. The number of esters is 1. The van der Waals surface area contributed by atoms with Crippen LogP contribution in [0.25, 0.3) is 0 Å². The number of carbonyl (C=O) groups excluding carboxylic acids is 1. The van der Waals surface area contributed by atoms with Crippen LogP contribution < -0.4 is 5.32 Å². The summed E-state index contributed by atoms with van der Waals surface area (Å²) in [6.07, 6.45) is 1.46. The predicted octanol–water partition coefficient (Wildman–Crippen LogP) is 3.96. The number of anilines is 1. The van der Waals surface area contributed by atoms with E-state index in [-0.39, 0.29) is 11.6 Å². The summed E-state index contributed by atoms with van der Waals surface area (Å²) in [5, 5.41) is 12.0. The summed E-state index contributed by atoms with van der Waals surface area (Å²) in [6, 6.07) is 8.00. The molecule has 0 aliphatic rings. The molecule has 0 aliphatic heterocycles. The van der Waals surface area contributed by atoms with Gasteiger partial charge < -0.3 is 14.5 Å². The largest absolute Gasteiger partial charge is 0.463 e. The Labute approximate surface area is 151 Å². The number of ether oxygens (including phenoxy) is 1. The SMILES string of the molecule is COC(=O)c1occc1CSc1nnc(NCc2ccc(F)cc2)s1. The zero-order chi connectivity index (χ0) is 17.6. The van der Waals surface area contributed by atoms with Gasteiger partial charge in [0.2, 0.25) is 10.9 Å². The number of hydrogen-bond donors (Lipinski definition) is 1. The molecule has 0 fully saturated rings. The molecule has 25 heavy (non-hydrogen) atoms. The Morgan fingerprint density at radius 3 is 2.88 bits per heavy atom. The first kappa shape index (κ1) is 17.4. The zero-order valence-electron chi connectivity index (χ0n) is 13.2. The summed E-state index contributed by atoms with van der Waals surface area (Å²) in [4.78, 5) is 11.6. The van der Waals surface area contributed by atoms with Crippen molar-refractivity contribution in [1.82, 2.24) is 10.2 Å². The van der Waals surface area contributed by atoms with Gasteiger partial charge in [-0.3, -0.25) is 0 Å². The van der Waals surface area contributed by atoms with E-state index < -0.39 is 5.97 Å². The monoisotopic (exact) mass is 379 g/mol. The van der Waals surface area contributed by atoms with Crippen molar-refractivity contribution in [1.29, 1.82) is 0 Å². The number of thioether (sulfide) groups is 1. The van der Waals surface area contributed by atoms with Crippen molar-refractivity contribution in [2.24, 2.45) is 0 Å². The molecule has 0 atom stereocenters. The minimum absolute atomic E-state index is 0.203. The Morgan fingerprint density at radius 1 is 1.32 bits per heavy atom. The predicted molar refractivity (Wildman–Crippen MR) is 93.2 cm³/mol. The molecule has 6 nitrogen and oxygen atoms in total. The van der Waals surface area contributed by atoms with Crippen molar-refractivity contribution in [3.8, 4) is 0 Å². The second kappa shape index (κ2) is 8.13. The van der Waals surface area contributed by atoms with E-state index >= 15 is 0 Å². The highest BCUT2D eigenvalue weighted by molar-refractivity contribution is 8.00. The Bertz CT molecular complexity index is 848. The lowest BCUT2D eigenvalue weighted by molar-refractivity contribution is 0.0564. The first-order valence-electron chi connectivity index (χ1n) is 7.25.